The van der Waals surface area contributed by atoms with E-state index in [4.69, 9.17) is 16.3 Å². The minimum Gasteiger partial charge on any atom is -0.464 e. The van der Waals surface area contributed by atoms with Gasteiger partial charge in [0.1, 0.15) is 11.4 Å². The number of hydrogen-bond donors (Lipinski definition) is 0. The Bertz CT molecular complexity index is 1100. The molecule has 1 fully saturated rings. The summed E-state index contributed by atoms with van der Waals surface area (Å²) in [5.74, 6) is -0.0806. The molecule has 1 aliphatic rings. The van der Waals surface area contributed by atoms with Crippen molar-refractivity contribution >= 4 is 46.0 Å². The molecule has 1 amide bonds. The minimum atomic E-state index is -0.651. The van der Waals surface area contributed by atoms with E-state index in [2.05, 4.69) is 0 Å². The lowest BCUT2D eigenvalue weighted by molar-refractivity contribution is -0.148. The molecule has 0 radical (unpaired) electrons. The molecule has 2 atom stereocenters. The maximum atomic E-state index is 13.7. The second-order valence-corrected chi connectivity index (χ2v) is 9.04. The number of nitrogens with zero attached hydrogens (tertiary/aromatic N) is 1. The largest absolute Gasteiger partial charge is 0.464 e. The molecule has 4 nitrogen and oxygen atoms in total. The molecule has 1 aliphatic heterocycles. The molecule has 0 N–H and O–H groups in total. The van der Waals surface area contributed by atoms with Crippen LogP contribution in [-0.4, -0.2) is 35.2 Å². The fraction of sp³-hybridized carbons (Fsp3) is 0.280. The van der Waals surface area contributed by atoms with Crippen LogP contribution in [0.15, 0.2) is 66.7 Å². The summed E-state index contributed by atoms with van der Waals surface area (Å²) < 4.78 is 5.49. The number of esters is 1. The van der Waals surface area contributed by atoms with Gasteiger partial charge in [0, 0.05) is 21.9 Å². The van der Waals surface area contributed by atoms with Gasteiger partial charge < -0.3 is 9.64 Å². The van der Waals surface area contributed by atoms with Crippen LogP contribution >= 0.6 is 23.4 Å². The van der Waals surface area contributed by atoms with Crippen LogP contribution in [0.4, 0.5) is 0 Å². The third-order valence-corrected chi connectivity index (χ3v) is 7.07. The molecule has 6 heteroatoms. The first-order valence-corrected chi connectivity index (χ1v) is 11.9. The van der Waals surface area contributed by atoms with E-state index in [1.54, 1.807) is 4.90 Å². The van der Waals surface area contributed by atoms with Crippen LogP contribution in [0.1, 0.15) is 41.1 Å². The molecular weight excluding hydrogens is 430 g/mol. The van der Waals surface area contributed by atoms with Gasteiger partial charge in [0.2, 0.25) is 0 Å². The maximum absolute atomic E-state index is 13.7. The van der Waals surface area contributed by atoms with Gasteiger partial charge in [0.05, 0.1) is 6.61 Å². The molecule has 0 bridgehead atoms. The second-order valence-electron chi connectivity index (χ2n) is 7.52. The molecule has 0 aromatic heterocycles. The van der Waals surface area contributed by atoms with E-state index in [-0.39, 0.29) is 17.3 Å². The standard InChI is InChI=1S/C25H24ClNO3S/c1-2-3-14-30-25(29)22-16-31-24(20-10-6-7-11-21(20)26)27(22)23(28)19-13-12-17-8-4-5-9-18(17)15-19/h4-13,15,22,24H,2-3,14,16H2,1H3. The summed E-state index contributed by atoms with van der Waals surface area (Å²) in [6, 6.07) is 20.4. The van der Waals surface area contributed by atoms with Crippen LogP contribution in [-0.2, 0) is 9.53 Å². The Balaban J connectivity index is 1.69. The molecule has 160 valence electrons. The first-order valence-electron chi connectivity index (χ1n) is 10.4. The van der Waals surface area contributed by atoms with E-state index in [0.717, 1.165) is 29.2 Å². The zero-order valence-electron chi connectivity index (χ0n) is 17.3. The summed E-state index contributed by atoms with van der Waals surface area (Å²) in [6.07, 6.45) is 1.74. The lowest BCUT2D eigenvalue weighted by Crippen LogP contribution is -2.44. The first-order chi connectivity index (χ1) is 15.1. The van der Waals surface area contributed by atoms with Gasteiger partial charge in [-0.1, -0.05) is 73.5 Å². The van der Waals surface area contributed by atoms with Gasteiger partial charge in [-0.15, -0.1) is 11.8 Å². The van der Waals surface area contributed by atoms with Gasteiger partial charge in [0.25, 0.3) is 5.91 Å². The summed E-state index contributed by atoms with van der Waals surface area (Å²) in [4.78, 5) is 28.2. The van der Waals surface area contributed by atoms with Gasteiger partial charge in [-0.05, 0) is 35.4 Å². The highest BCUT2D eigenvalue weighted by Gasteiger charge is 2.44. The highest BCUT2D eigenvalue weighted by molar-refractivity contribution is 7.99. The zero-order valence-corrected chi connectivity index (χ0v) is 18.9. The summed E-state index contributed by atoms with van der Waals surface area (Å²) in [6.45, 7) is 2.41. The highest BCUT2D eigenvalue weighted by atomic mass is 35.5. The predicted molar refractivity (Wildman–Crippen MR) is 126 cm³/mol. The summed E-state index contributed by atoms with van der Waals surface area (Å²) in [7, 11) is 0. The van der Waals surface area contributed by atoms with Crippen molar-refractivity contribution in [2.75, 3.05) is 12.4 Å². The molecular formula is C25H24ClNO3S. The summed E-state index contributed by atoms with van der Waals surface area (Å²) in [5.41, 5.74) is 1.37. The van der Waals surface area contributed by atoms with Gasteiger partial charge in [-0.25, -0.2) is 4.79 Å². The average Bonchev–Trinajstić information content (AvgIpc) is 3.23. The van der Waals surface area contributed by atoms with Crippen LogP contribution in [0.2, 0.25) is 5.02 Å². The lowest BCUT2D eigenvalue weighted by atomic mass is 10.0. The molecule has 1 heterocycles. The Hall–Kier alpha value is -2.50. The Morgan fingerprint density at radius 3 is 2.58 bits per heavy atom. The van der Waals surface area contributed by atoms with Gasteiger partial charge in [-0.2, -0.15) is 0 Å². The molecule has 0 spiro atoms. The Morgan fingerprint density at radius 1 is 1.06 bits per heavy atom. The first kappa shape index (κ1) is 21.7. The van der Waals surface area contributed by atoms with E-state index >= 15 is 0 Å². The number of rotatable bonds is 6. The number of ether oxygens (including phenoxy) is 1. The number of thioether (sulfide) groups is 1. The number of hydrogen-bond acceptors (Lipinski definition) is 4. The molecule has 1 saturated heterocycles. The summed E-state index contributed by atoms with van der Waals surface area (Å²) >= 11 is 8.00. The number of amides is 1. The lowest BCUT2D eigenvalue weighted by Gasteiger charge is -2.29. The van der Waals surface area contributed by atoms with Crippen molar-refractivity contribution < 1.29 is 14.3 Å². The number of fused-ring (bicyclic) bond motifs is 1. The van der Waals surface area contributed by atoms with E-state index in [1.165, 1.54) is 11.8 Å². The number of carbonyl (C=O) groups excluding carboxylic acids is 2. The molecule has 2 unspecified atom stereocenters. The van der Waals surface area contributed by atoms with E-state index < -0.39 is 6.04 Å². The molecule has 31 heavy (non-hydrogen) atoms. The molecule has 3 aromatic carbocycles. The van der Waals surface area contributed by atoms with Crippen molar-refractivity contribution in [1.29, 1.82) is 0 Å². The second kappa shape index (κ2) is 9.75. The molecule has 0 aliphatic carbocycles. The molecule has 4 rings (SSSR count). The topological polar surface area (TPSA) is 46.6 Å². The van der Waals surface area contributed by atoms with Crippen LogP contribution in [0, 0.1) is 0 Å². The number of halogens is 1. The SMILES string of the molecule is CCCCOC(=O)C1CSC(c2ccccc2Cl)N1C(=O)c1ccc2ccccc2c1. The minimum absolute atomic E-state index is 0.196. The highest BCUT2D eigenvalue weighted by Crippen LogP contribution is 2.44. The normalized spacial score (nSPS) is 18.3. The molecule has 0 saturated carbocycles. The van der Waals surface area contributed by atoms with Crippen molar-refractivity contribution in [1.82, 2.24) is 4.90 Å². The zero-order chi connectivity index (χ0) is 21.8. The number of carbonyl (C=O) groups is 2. The third-order valence-electron chi connectivity index (χ3n) is 5.42. The van der Waals surface area contributed by atoms with Gasteiger partial charge in [0.15, 0.2) is 0 Å². The van der Waals surface area contributed by atoms with Crippen LogP contribution in [0.25, 0.3) is 10.8 Å². The van der Waals surface area contributed by atoms with Gasteiger partial charge in [-0.3, -0.25) is 4.79 Å². The monoisotopic (exact) mass is 453 g/mol. The van der Waals surface area contributed by atoms with Crippen molar-refractivity contribution in [2.45, 2.75) is 31.2 Å². The predicted octanol–water partition coefficient (Wildman–Crippen LogP) is 6.09. The fourth-order valence-electron chi connectivity index (χ4n) is 3.74. The van der Waals surface area contributed by atoms with E-state index in [1.807, 2.05) is 73.7 Å². The molecule has 3 aromatic rings. The van der Waals surface area contributed by atoms with Crippen molar-refractivity contribution in [3.8, 4) is 0 Å². The Morgan fingerprint density at radius 2 is 1.81 bits per heavy atom. The fourth-order valence-corrected chi connectivity index (χ4v) is 5.49. The quantitative estimate of drug-likeness (QED) is 0.334. The number of benzene rings is 3. The van der Waals surface area contributed by atoms with Crippen molar-refractivity contribution in [3.05, 3.63) is 82.9 Å². The summed E-state index contributed by atoms with van der Waals surface area (Å²) in [5, 5.41) is 2.28. The third kappa shape index (κ3) is 4.58. The maximum Gasteiger partial charge on any atom is 0.329 e. The van der Waals surface area contributed by atoms with Crippen LogP contribution in [0.5, 0.6) is 0 Å². The van der Waals surface area contributed by atoms with Crippen molar-refractivity contribution in [2.24, 2.45) is 0 Å². The van der Waals surface area contributed by atoms with Gasteiger partial charge >= 0.3 is 5.97 Å². The Labute approximate surface area is 191 Å². The van der Waals surface area contributed by atoms with Crippen LogP contribution < -0.4 is 0 Å². The average molecular weight is 454 g/mol. The van der Waals surface area contributed by atoms with Crippen LogP contribution in [0.3, 0.4) is 0 Å². The van der Waals surface area contributed by atoms with E-state index in [9.17, 15) is 9.59 Å². The Kier molecular flexibility index (Phi) is 6.83. The van der Waals surface area contributed by atoms with E-state index in [0.29, 0.717) is 22.9 Å². The van der Waals surface area contributed by atoms with Crippen molar-refractivity contribution in [3.63, 3.8) is 0 Å². The number of unbranched alkanes of at least 4 members (excludes halogenated alkanes) is 1. The smallest absolute Gasteiger partial charge is 0.329 e.